The summed E-state index contributed by atoms with van der Waals surface area (Å²) in [6.07, 6.45) is 0. The zero-order valence-corrected chi connectivity index (χ0v) is 11.0. The topological polar surface area (TPSA) is 97.5 Å². The first kappa shape index (κ1) is 15.1. The van der Waals surface area contributed by atoms with Crippen molar-refractivity contribution in [2.75, 3.05) is 0 Å². The minimum Gasteiger partial charge on any atom is -1.00 e. The number of nitrogens with zero attached hydrogens (tertiary/aromatic N) is 1. The van der Waals surface area contributed by atoms with E-state index < -0.39 is 25.6 Å². The number of nitro benzene ring substituents is 1. The van der Waals surface area contributed by atoms with Gasteiger partial charge in [0.25, 0.3) is 15.8 Å². The largest absolute Gasteiger partial charge is 2.00 e. The Morgan fingerprint density at radius 1 is 1.47 bits per heavy atom. The number of halogens is 1. The Labute approximate surface area is 123 Å². The minimum atomic E-state index is -4.53. The third-order valence-corrected chi connectivity index (χ3v) is 2.74. The van der Waals surface area contributed by atoms with Crippen LogP contribution < -0.4 is 0 Å². The number of non-ortho nitro benzene ring substituents is 1. The first-order chi connectivity index (χ1) is 6.32. The van der Waals surface area contributed by atoms with Gasteiger partial charge in [-0.05, 0) is 6.07 Å². The average Bonchev–Trinajstić information content (AvgIpc) is 2.02. The van der Waals surface area contributed by atoms with E-state index in [1.54, 1.807) is 0 Å². The van der Waals surface area contributed by atoms with Crippen LogP contribution in [0.2, 0.25) is 5.02 Å². The van der Waals surface area contributed by atoms with Crippen LogP contribution in [0.1, 0.15) is 2.85 Å². The summed E-state index contributed by atoms with van der Waals surface area (Å²) in [5.41, 5.74) is -0.456. The van der Waals surface area contributed by atoms with Crippen LogP contribution in [0.4, 0.5) is 5.69 Å². The standard InChI is InChI=1S/C6H4ClNO5S.Ca.2H/c7-5-2-1-4(8(9)10)3-6(5)14(11,12)13;;;/h1-3H,(H,11,12,13);;;/q;+2;2*-1. The molecule has 0 aliphatic rings. The van der Waals surface area contributed by atoms with Gasteiger partial charge in [-0.1, -0.05) is 11.6 Å². The Bertz CT molecular complexity index is 497. The second-order valence-electron chi connectivity index (χ2n) is 2.35. The fraction of sp³-hybridized carbons (Fsp3) is 0. The van der Waals surface area contributed by atoms with Crippen LogP contribution in [0.5, 0.6) is 0 Å². The van der Waals surface area contributed by atoms with Crippen molar-refractivity contribution in [3.63, 3.8) is 0 Å². The maximum atomic E-state index is 10.7. The molecule has 0 aliphatic heterocycles. The van der Waals surface area contributed by atoms with E-state index in [2.05, 4.69) is 0 Å². The molecule has 0 amide bonds. The van der Waals surface area contributed by atoms with Crippen molar-refractivity contribution in [2.24, 2.45) is 0 Å². The molecule has 0 saturated heterocycles. The zero-order valence-electron chi connectivity index (χ0n) is 9.25. The molecule has 0 unspecified atom stereocenters. The van der Waals surface area contributed by atoms with E-state index in [9.17, 15) is 18.5 Å². The second kappa shape index (κ2) is 5.42. The molecule has 0 bridgehead atoms. The van der Waals surface area contributed by atoms with Gasteiger partial charge in [0, 0.05) is 12.1 Å². The Balaban J connectivity index is -0.000000653. The molecule has 1 N–H and O–H groups in total. The van der Waals surface area contributed by atoms with Crippen LogP contribution in [0.3, 0.4) is 0 Å². The third kappa shape index (κ3) is 3.86. The van der Waals surface area contributed by atoms with Gasteiger partial charge in [0.05, 0.1) is 9.95 Å². The second-order valence-corrected chi connectivity index (χ2v) is 4.14. The van der Waals surface area contributed by atoms with Gasteiger partial charge in [0.2, 0.25) is 0 Å². The summed E-state index contributed by atoms with van der Waals surface area (Å²) in [6, 6.07) is 2.76. The van der Waals surface area contributed by atoms with E-state index in [1.807, 2.05) is 0 Å². The molecule has 0 heterocycles. The van der Waals surface area contributed by atoms with Crippen LogP contribution in [0.25, 0.3) is 0 Å². The Morgan fingerprint density at radius 2 is 2.00 bits per heavy atom. The van der Waals surface area contributed by atoms with Gasteiger partial charge in [-0.25, -0.2) is 0 Å². The van der Waals surface area contributed by atoms with Gasteiger partial charge in [0.1, 0.15) is 4.90 Å². The molecule has 9 heteroatoms. The number of benzene rings is 1. The average molecular weight is 280 g/mol. The smallest absolute Gasteiger partial charge is 1.00 e. The van der Waals surface area contributed by atoms with E-state index in [4.69, 9.17) is 16.2 Å². The summed E-state index contributed by atoms with van der Waals surface area (Å²) in [6.45, 7) is 0. The monoisotopic (exact) mass is 279 g/mol. The SMILES string of the molecule is O=[N+]([O-])c1ccc(Cl)c(S(=O)(=O)O)c1.[Ca+2].[H-].[H-]. The normalized spacial score (nSPS) is 10.5. The van der Waals surface area contributed by atoms with Crippen LogP contribution in [-0.2, 0) is 10.1 Å². The molecule has 0 atom stereocenters. The third-order valence-electron chi connectivity index (χ3n) is 1.40. The summed E-state index contributed by atoms with van der Waals surface area (Å²) in [7, 11) is -4.53. The molecular formula is C6H6CaClNO5S. The quantitative estimate of drug-likeness (QED) is 0.381. The molecule has 0 fully saturated rings. The fourth-order valence-electron chi connectivity index (χ4n) is 0.803. The molecule has 1 rings (SSSR count). The van der Waals surface area contributed by atoms with Gasteiger partial charge in [-0.3, -0.25) is 14.7 Å². The fourth-order valence-corrected chi connectivity index (χ4v) is 1.80. The van der Waals surface area contributed by atoms with Crippen molar-refractivity contribution in [1.82, 2.24) is 0 Å². The van der Waals surface area contributed by atoms with Crippen molar-refractivity contribution in [3.8, 4) is 0 Å². The maximum Gasteiger partial charge on any atom is 2.00 e. The summed E-state index contributed by atoms with van der Waals surface area (Å²) in [5.74, 6) is 0. The van der Waals surface area contributed by atoms with Crippen molar-refractivity contribution >= 4 is 65.1 Å². The molecule has 0 spiro atoms. The van der Waals surface area contributed by atoms with Crippen molar-refractivity contribution in [3.05, 3.63) is 33.3 Å². The molecular weight excluding hydrogens is 274 g/mol. The predicted octanol–water partition coefficient (Wildman–Crippen LogP) is 1.34. The number of rotatable bonds is 2. The minimum absolute atomic E-state index is 0. The van der Waals surface area contributed by atoms with Crippen LogP contribution >= 0.6 is 11.6 Å². The van der Waals surface area contributed by atoms with Crippen molar-refractivity contribution in [1.29, 1.82) is 0 Å². The van der Waals surface area contributed by atoms with Gasteiger partial charge in [-0.2, -0.15) is 8.42 Å². The molecule has 0 radical (unpaired) electrons. The van der Waals surface area contributed by atoms with Gasteiger partial charge >= 0.3 is 37.7 Å². The predicted molar refractivity (Wildman–Crippen MR) is 55.9 cm³/mol. The molecule has 80 valence electrons. The molecule has 1 aromatic rings. The zero-order chi connectivity index (χ0) is 10.9. The van der Waals surface area contributed by atoms with E-state index in [0.717, 1.165) is 12.1 Å². The molecule has 1 aromatic carbocycles. The molecule has 15 heavy (non-hydrogen) atoms. The maximum absolute atomic E-state index is 10.7. The van der Waals surface area contributed by atoms with Crippen LogP contribution in [0, 0.1) is 10.1 Å². The van der Waals surface area contributed by atoms with Crippen LogP contribution in [0.15, 0.2) is 23.1 Å². The number of hydrogen-bond acceptors (Lipinski definition) is 4. The van der Waals surface area contributed by atoms with E-state index in [-0.39, 0.29) is 45.6 Å². The summed E-state index contributed by atoms with van der Waals surface area (Å²) in [4.78, 5) is 8.82. The van der Waals surface area contributed by atoms with Gasteiger partial charge in [-0.15, -0.1) is 0 Å². The van der Waals surface area contributed by atoms with Crippen molar-refractivity contribution in [2.45, 2.75) is 4.90 Å². The summed E-state index contributed by atoms with van der Waals surface area (Å²) < 4.78 is 30.0. The summed E-state index contributed by atoms with van der Waals surface area (Å²) in [5, 5.41) is 10.0. The van der Waals surface area contributed by atoms with Crippen molar-refractivity contribution < 1.29 is 20.7 Å². The molecule has 0 saturated carbocycles. The van der Waals surface area contributed by atoms with E-state index >= 15 is 0 Å². The summed E-state index contributed by atoms with van der Waals surface area (Å²) >= 11 is 5.42. The van der Waals surface area contributed by atoms with Crippen LogP contribution in [-0.4, -0.2) is 55.6 Å². The number of hydrogen-bond donors (Lipinski definition) is 1. The first-order valence-corrected chi connectivity index (χ1v) is 5.05. The molecule has 6 nitrogen and oxygen atoms in total. The van der Waals surface area contributed by atoms with Gasteiger partial charge < -0.3 is 2.85 Å². The Morgan fingerprint density at radius 3 is 2.40 bits per heavy atom. The number of nitro groups is 1. The Hall–Kier alpha value is 0.0797. The van der Waals surface area contributed by atoms with E-state index in [0.29, 0.717) is 6.07 Å². The first-order valence-electron chi connectivity index (χ1n) is 3.24. The Kier molecular flexibility index (Phi) is 5.45. The molecule has 0 aromatic heterocycles. The molecule has 0 aliphatic carbocycles. The van der Waals surface area contributed by atoms with Gasteiger partial charge in [0.15, 0.2) is 0 Å². The van der Waals surface area contributed by atoms with E-state index in [1.165, 1.54) is 0 Å².